The molecule has 0 atom stereocenters. The molecule has 4 aromatic carbocycles. The Bertz CT molecular complexity index is 2310. The van der Waals surface area contributed by atoms with Crippen LogP contribution in [0, 0.1) is 0 Å². The van der Waals surface area contributed by atoms with Crippen molar-refractivity contribution >= 4 is 23.9 Å². The molecule has 0 unspecified atom stereocenters. The smallest absolute Gasteiger partial charge is 0.338 e. The van der Waals surface area contributed by atoms with Crippen molar-refractivity contribution in [1.29, 1.82) is 0 Å². The molecule has 0 radical (unpaired) electrons. The fourth-order valence-electron chi connectivity index (χ4n) is 7.86. The summed E-state index contributed by atoms with van der Waals surface area (Å²) in [4.78, 5) is 55.3. The molecule has 0 N–H and O–H groups in total. The highest BCUT2D eigenvalue weighted by molar-refractivity contribution is 5.91. The molecule has 360 valence electrons. The number of esters is 4. The predicted molar refractivity (Wildman–Crippen MR) is 274 cm³/mol. The van der Waals surface area contributed by atoms with Crippen molar-refractivity contribution in [3.63, 3.8) is 0 Å². The molecule has 0 fully saturated rings. The topological polar surface area (TPSA) is 105 Å². The quantitative estimate of drug-likeness (QED) is 0.0861. The van der Waals surface area contributed by atoms with Gasteiger partial charge in [0, 0.05) is 92.5 Å². The molecule has 0 heterocycles. The predicted octanol–water partition coefficient (Wildman–Crippen LogP) is 13.5. The first-order valence-electron chi connectivity index (χ1n) is 23.3. The lowest BCUT2D eigenvalue weighted by atomic mass is 9.79. The first-order valence-corrected chi connectivity index (χ1v) is 23.3. The number of rotatable bonds is 8. The van der Waals surface area contributed by atoms with Gasteiger partial charge in [-0.15, -0.1) is 0 Å². The summed E-state index contributed by atoms with van der Waals surface area (Å²) in [5.74, 6) is -1.12. The molecular weight excluding hydrogens is 849 g/mol. The van der Waals surface area contributed by atoms with E-state index in [0.717, 1.165) is 22.3 Å². The highest BCUT2D eigenvalue weighted by Gasteiger charge is 2.31. The number of hydrogen-bond acceptors (Lipinski definition) is 8. The Morgan fingerprint density at radius 3 is 0.559 bits per heavy atom. The minimum atomic E-state index is -0.605. The lowest BCUT2D eigenvalue weighted by molar-refractivity contribution is -0.131. The summed E-state index contributed by atoms with van der Waals surface area (Å²) in [6.45, 7) is 47.6. The van der Waals surface area contributed by atoms with Crippen molar-refractivity contribution in [2.45, 2.75) is 158 Å². The molecule has 0 saturated carbocycles. The standard InChI is InChI=1S/C60H72O8/c1-33(2)53(61)65-49-37-21-39-27-46(58(12,13)14)29-41(50(39)66-54(62)34(3)4)23-43-31-48(60(18,19)20)32-44(52(43)68-56(64)36(7)8)24-42-30-47(59(15,16)17)28-40(51(42)67-55(63)35(5)6)22-38(49)26-45(25-37)57(9,10)11/h25-32H,1,3,5,7,21-24H2,2,4,6,8-20H3. The molecule has 1 aliphatic carbocycles. The number of fused-ring (bicyclic) bond motifs is 8. The van der Waals surface area contributed by atoms with E-state index in [9.17, 15) is 19.2 Å². The van der Waals surface area contributed by atoms with Crippen molar-refractivity contribution in [1.82, 2.24) is 0 Å². The summed E-state index contributed by atoms with van der Waals surface area (Å²) in [5, 5.41) is 0. The normalized spacial score (nSPS) is 12.9. The Morgan fingerprint density at radius 2 is 0.456 bits per heavy atom. The Kier molecular flexibility index (Phi) is 15.0. The van der Waals surface area contributed by atoms with E-state index >= 15 is 0 Å². The molecule has 0 aromatic heterocycles. The van der Waals surface area contributed by atoms with E-state index in [2.05, 4.69) is 158 Å². The maximum absolute atomic E-state index is 13.8. The minimum absolute atomic E-state index is 0.168. The van der Waals surface area contributed by atoms with E-state index in [4.69, 9.17) is 18.9 Å². The van der Waals surface area contributed by atoms with Gasteiger partial charge in [-0.1, -0.05) is 158 Å². The number of ether oxygens (including phenoxy) is 4. The third-order valence-corrected chi connectivity index (χ3v) is 12.1. The summed E-state index contributed by atoms with van der Waals surface area (Å²) >= 11 is 0. The van der Waals surface area contributed by atoms with Gasteiger partial charge in [-0.2, -0.15) is 0 Å². The third kappa shape index (κ3) is 12.2. The first kappa shape index (κ1) is 52.7. The summed E-state index contributed by atoms with van der Waals surface area (Å²) in [7, 11) is 0. The van der Waals surface area contributed by atoms with E-state index in [1.165, 1.54) is 0 Å². The van der Waals surface area contributed by atoms with E-state index < -0.39 is 23.9 Å². The van der Waals surface area contributed by atoms with E-state index in [0.29, 0.717) is 67.5 Å². The van der Waals surface area contributed by atoms with E-state index in [1.54, 1.807) is 27.7 Å². The van der Waals surface area contributed by atoms with Gasteiger partial charge in [-0.25, -0.2) is 19.2 Å². The summed E-state index contributed by atoms with van der Waals surface area (Å²) in [6.07, 6.45) is 0.671. The van der Waals surface area contributed by atoms with Crippen molar-refractivity contribution in [3.05, 3.63) is 164 Å². The summed E-state index contributed by atoms with van der Waals surface area (Å²) in [6, 6.07) is 16.4. The van der Waals surface area contributed by atoms with Gasteiger partial charge in [-0.05, 0) is 71.6 Å². The van der Waals surface area contributed by atoms with Crippen LogP contribution in [0.1, 0.15) is 178 Å². The second-order valence-corrected chi connectivity index (χ2v) is 22.9. The van der Waals surface area contributed by atoms with Gasteiger partial charge in [-0.3, -0.25) is 0 Å². The molecule has 0 spiro atoms. The van der Waals surface area contributed by atoms with Crippen LogP contribution in [0.2, 0.25) is 0 Å². The maximum atomic E-state index is 13.8. The van der Waals surface area contributed by atoms with Crippen LogP contribution < -0.4 is 18.9 Å². The van der Waals surface area contributed by atoms with Crippen molar-refractivity contribution < 1.29 is 38.1 Å². The molecule has 68 heavy (non-hydrogen) atoms. The molecule has 0 saturated heterocycles. The van der Waals surface area contributed by atoms with Gasteiger partial charge in [0.25, 0.3) is 0 Å². The Labute approximate surface area is 405 Å². The molecule has 0 aliphatic heterocycles. The lowest BCUT2D eigenvalue weighted by Crippen LogP contribution is -2.20. The van der Waals surface area contributed by atoms with Crippen molar-refractivity contribution in [2.24, 2.45) is 0 Å². The molecule has 0 amide bonds. The maximum Gasteiger partial charge on any atom is 0.338 e. The monoisotopic (exact) mass is 921 g/mol. The summed E-state index contributed by atoms with van der Waals surface area (Å²) in [5.41, 5.74) is 8.52. The second kappa shape index (κ2) is 19.4. The zero-order valence-corrected chi connectivity index (χ0v) is 43.5. The van der Waals surface area contributed by atoms with E-state index in [-0.39, 0.29) is 69.6 Å². The van der Waals surface area contributed by atoms with Gasteiger partial charge >= 0.3 is 23.9 Å². The fraction of sp³-hybridized carbons (Fsp3) is 0.400. The van der Waals surface area contributed by atoms with Gasteiger partial charge in [0.05, 0.1) is 0 Å². The van der Waals surface area contributed by atoms with Crippen molar-refractivity contribution in [2.75, 3.05) is 0 Å². The number of hydrogen-bond donors (Lipinski definition) is 0. The van der Waals surface area contributed by atoms with Crippen LogP contribution in [-0.4, -0.2) is 23.9 Å². The number of carbonyl (C=O) groups is 4. The zero-order valence-electron chi connectivity index (χ0n) is 43.5. The second-order valence-electron chi connectivity index (χ2n) is 22.9. The Hall–Kier alpha value is -6.28. The van der Waals surface area contributed by atoms with Crippen LogP contribution in [0.15, 0.2) is 97.1 Å². The van der Waals surface area contributed by atoms with E-state index in [1.807, 2.05) is 0 Å². The lowest BCUT2D eigenvalue weighted by Gasteiger charge is -2.29. The molecule has 1 aliphatic rings. The Balaban J connectivity index is 2.13. The fourth-order valence-corrected chi connectivity index (χ4v) is 7.86. The molecule has 8 bridgehead atoms. The summed E-state index contributed by atoms with van der Waals surface area (Å²) < 4.78 is 25.7. The van der Waals surface area contributed by atoms with Gasteiger partial charge < -0.3 is 18.9 Å². The average molecular weight is 921 g/mol. The highest BCUT2D eigenvalue weighted by Crippen LogP contribution is 2.45. The van der Waals surface area contributed by atoms with Crippen LogP contribution in [0.5, 0.6) is 23.0 Å². The molecule has 8 heteroatoms. The zero-order chi connectivity index (χ0) is 51.2. The van der Waals surface area contributed by atoms with Crippen molar-refractivity contribution in [3.8, 4) is 23.0 Å². The van der Waals surface area contributed by atoms with Crippen LogP contribution in [0.25, 0.3) is 0 Å². The van der Waals surface area contributed by atoms with Crippen LogP contribution in [0.3, 0.4) is 0 Å². The largest absolute Gasteiger partial charge is 0.423 e. The first-order chi connectivity index (χ1) is 31.1. The van der Waals surface area contributed by atoms with Gasteiger partial charge in [0.15, 0.2) is 0 Å². The van der Waals surface area contributed by atoms with Gasteiger partial charge in [0.2, 0.25) is 0 Å². The third-order valence-electron chi connectivity index (χ3n) is 12.1. The van der Waals surface area contributed by atoms with Crippen LogP contribution in [0.4, 0.5) is 0 Å². The van der Waals surface area contributed by atoms with Crippen LogP contribution in [-0.2, 0) is 66.5 Å². The Morgan fingerprint density at radius 1 is 0.324 bits per heavy atom. The molecule has 5 rings (SSSR count). The molecular formula is C60H72O8. The number of benzene rings is 4. The highest BCUT2D eigenvalue weighted by atomic mass is 16.5. The van der Waals surface area contributed by atoms with Crippen LogP contribution >= 0.6 is 0 Å². The minimum Gasteiger partial charge on any atom is -0.423 e. The average Bonchev–Trinajstić information content (AvgIpc) is 3.19. The molecule has 4 aromatic rings. The molecule has 8 nitrogen and oxygen atoms in total. The SMILES string of the molecule is C=C(C)C(=O)Oc1c2cc(C(C)(C)C)cc1Cc1cc(C(C)(C)C)cc(c1OC(=O)C(=C)C)Cc1cc(C(C)(C)C)cc(c1OC(=O)C(=C)C)Cc1cc(C(C)(C)C)cc(c1OC(=O)C(=C)C)C2. The number of carbonyl (C=O) groups excluding carboxylic acids is 4. The van der Waals surface area contributed by atoms with Gasteiger partial charge in [0.1, 0.15) is 23.0 Å².